The number of phosphoric acid groups is 1. The van der Waals surface area contributed by atoms with Crippen LogP contribution in [-0.4, -0.2) is 69.3 Å². The van der Waals surface area contributed by atoms with Crippen molar-refractivity contribution in [1.29, 1.82) is 0 Å². The molecule has 2 saturated heterocycles. The Morgan fingerprint density at radius 3 is 2.91 bits per heavy atom. The molecule has 0 aliphatic carbocycles. The Hall–Kier alpha value is -2.38. The molecule has 4 heterocycles. The molecule has 4 rings (SSSR count). The molecule has 0 spiro atoms. The Morgan fingerprint density at radius 2 is 2.20 bits per heavy atom. The number of alkyl halides is 1. The van der Waals surface area contributed by atoms with Gasteiger partial charge in [0.05, 0.1) is 32.3 Å². The molecule has 13 nitrogen and oxygen atoms in total. The Kier molecular flexibility index (Phi) is 7.30. The van der Waals surface area contributed by atoms with Crippen LogP contribution in [-0.2, 0) is 32.4 Å². The van der Waals surface area contributed by atoms with Crippen molar-refractivity contribution in [1.82, 2.24) is 19.5 Å². The summed E-state index contributed by atoms with van der Waals surface area (Å²) in [4.78, 5) is 24.1. The summed E-state index contributed by atoms with van der Waals surface area (Å²) in [6.07, 6.45) is -1.97. The number of imidazole rings is 1. The number of phosphoric ester groups is 1. The molecule has 15 heteroatoms. The van der Waals surface area contributed by atoms with E-state index in [1.165, 1.54) is 17.8 Å². The summed E-state index contributed by atoms with van der Waals surface area (Å²) in [5, 5.41) is 0. The third-order valence-electron chi connectivity index (χ3n) is 5.40. The first-order valence-electron chi connectivity index (χ1n) is 11.3. The number of anilines is 1. The van der Waals surface area contributed by atoms with Crippen molar-refractivity contribution < 1.29 is 41.5 Å². The predicted octanol–water partition coefficient (Wildman–Crippen LogP) is 2.70. The lowest BCUT2D eigenvalue weighted by Gasteiger charge is -2.33. The lowest BCUT2D eigenvalue weighted by molar-refractivity contribution is -0.147. The number of carbonyl (C=O) groups excluding carboxylic acids is 1. The van der Waals surface area contributed by atoms with Crippen molar-refractivity contribution in [2.75, 3.05) is 25.6 Å². The fourth-order valence-electron chi connectivity index (χ4n) is 3.94. The summed E-state index contributed by atoms with van der Waals surface area (Å²) < 4.78 is 62.9. The zero-order valence-corrected chi connectivity index (χ0v) is 20.8. The second-order valence-corrected chi connectivity index (χ2v) is 10.2. The topological polar surface area (TPSA) is 159 Å². The van der Waals surface area contributed by atoms with E-state index in [9.17, 15) is 9.36 Å². The number of hydrogen-bond donors (Lipinski definition) is 1. The number of esters is 1. The van der Waals surface area contributed by atoms with E-state index in [2.05, 4.69) is 15.0 Å². The minimum atomic E-state index is -4.09. The minimum Gasteiger partial charge on any atom is -0.476 e. The van der Waals surface area contributed by atoms with Crippen LogP contribution in [0.1, 0.15) is 46.8 Å². The highest BCUT2D eigenvalue weighted by Crippen LogP contribution is 2.59. The highest BCUT2D eigenvalue weighted by molar-refractivity contribution is 7.48. The van der Waals surface area contributed by atoms with Crippen LogP contribution in [0.4, 0.5) is 10.3 Å². The fourth-order valence-corrected chi connectivity index (χ4v) is 5.44. The predicted molar refractivity (Wildman–Crippen MR) is 119 cm³/mol. The van der Waals surface area contributed by atoms with Crippen LogP contribution in [0.5, 0.6) is 5.88 Å². The van der Waals surface area contributed by atoms with Crippen LogP contribution in [0, 0.1) is 0 Å². The first kappa shape index (κ1) is 25.7. The summed E-state index contributed by atoms with van der Waals surface area (Å²) in [7, 11) is -4.09. The molecule has 35 heavy (non-hydrogen) atoms. The van der Waals surface area contributed by atoms with Gasteiger partial charge in [-0.25, -0.2) is 13.9 Å². The van der Waals surface area contributed by atoms with Crippen molar-refractivity contribution in [2.24, 2.45) is 0 Å². The van der Waals surface area contributed by atoms with Crippen LogP contribution in [0.2, 0.25) is 0 Å². The average molecular weight is 517 g/mol. The number of nitrogen functional groups attached to an aromatic ring is 1. The molecular formula is C20H29FN5O8P. The number of carbonyl (C=O) groups is 1. The van der Waals surface area contributed by atoms with E-state index >= 15 is 4.39 Å². The average Bonchev–Trinajstić information content (AvgIpc) is 3.29. The van der Waals surface area contributed by atoms with Crippen molar-refractivity contribution >= 4 is 30.9 Å². The lowest BCUT2D eigenvalue weighted by Crippen LogP contribution is -2.44. The van der Waals surface area contributed by atoms with Crippen molar-refractivity contribution in [3.63, 3.8) is 0 Å². The fraction of sp³-hybridized carbons (Fsp3) is 0.700. The maximum Gasteiger partial charge on any atom is 0.475 e. The van der Waals surface area contributed by atoms with E-state index < -0.39 is 37.9 Å². The minimum absolute atomic E-state index is 0.0681. The highest BCUT2D eigenvalue weighted by atomic mass is 31.2. The highest BCUT2D eigenvalue weighted by Gasteiger charge is 2.61. The maximum atomic E-state index is 16.1. The van der Waals surface area contributed by atoms with Gasteiger partial charge in [-0.15, -0.1) is 0 Å². The number of aromatic nitrogens is 4. The smallest absolute Gasteiger partial charge is 0.475 e. The van der Waals surface area contributed by atoms with Gasteiger partial charge in [0.25, 0.3) is 0 Å². The molecule has 2 N–H and O–H groups in total. The molecule has 194 valence electrons. The van der Waals surface area contributed by atoms with Crippen LogP contribution < -0.4 is 10.5 Å². The summed E-state index contributed by atoms with van der Waals surface area (Å²) in [5.41, 5.74) is 4.12. The molecule has 0 aromatic carbocycles. The van der Waals surface area contributed by atoms with E-state index in [0.29, 0.717) is 6.61 Å². The lowest BCUT2D eigenvalue weighted by atomic mass is 9.98. The number of halogens is 1. The molecule has 0 bridgehead atoms. The first-order valence-corrected chi connectivity index (χ1v) is 12.7. The molecule has 2 aliphatic rings. The normalized spacial score (nSPS) is 30.5. The molecule has 0 amide bonds. The van der Waals surface area contributed by atoms with Gasteiger partial charge in [-0.1, -0.05) is 0 Å². The quantitative estimate of drug-likeness (QED) is 0.295. The van der Waals surface area contributed by atoms with Crippen LogP contribution in [0.25, 0.3) is 11.2 Å². The van der Waals surface area contributed by atoms with Gasteiger partial charge in [-0.05, 0) is 34.1 Å². The monoisotopic (exact) mass is 517 g/mol. The number of nitrogens with zero attached hydrogens (tertiary/aromatic N) is 4. The van der Waals surface area contributed by atoms with E-state index in [1.54, 1.807) is 20.8 Å². The zero-order valence-electron chi connectivity index (χ0n) is 19.9. The molecular weight excluding hydrogens is 488 g/mol. The van der Waals surface area contributed by atoms with Gasteiger partial charge in [0, 0.05) is 6.42 Å². The van der Waals surface area contributed by atoms with E-state index in [4.69, 9.17) is 33.5 Å². The zero-order chi connectivity index (χ0) is 25.4. The second kappa shape index (κ2) is 9.94. The van der Waals surface area contributed by atoms with Gasteiger partial charge in [0.1, 0.15) is 12.2 Å². The summed E-state index contributed by atoms with van der Waals surface area (Å²) in [6, 6.07) is 0. The van der Waals surface area contributed by atoms with E-state index in [1.807, 2.05) is 0 Å². The Morgan fingerprint density at radius 1 is 1.43 bits per heavy atom. The van der Waals surface area contributed by atoms with Gasteiger partial charge in [0.2, 0.25) is 11.8 Å². The molecule has 0 saturated carbocycles. The molecule has 2 fully saturated rings. The van der Waals surface area contributed by atoms with Crippen LogP contribution >= 0.6 is 7.82 Å². The van der Waals surface area contributed by atoms with E-state index in [0.717, 1.165) is 0 Å². The molecule has 0 radical (unpaired) electrons. The standard InChI is InChI=1S/C20H29FN5O8P/c1-5-29-17-14-16(24-19(22)25-17)26(10-23-14)18-20(4,21)15-12(33-18)9-31-35(28,34-15)30-8-6-7-13(27)32-11(2)3/h10-12,15,18H,5-9H2,1-4H3,(H2,22,24,25)/t12-,15-,18-,20-,35?/m1/s1. The number of nitrogens with two attached hydrogens (primary N) is 1. The second-order valence-electron chi connectivity index (χ2n) is 8.57. The van der Waals surface area contributed by atoms with Gasteiger partial charge in [-0.2, -0.15) is 9.97 Å². The van der Waals surface area contributed by atoms with Gasteiger partial charge >= 0.3 is 13.8 Å². The Labute approximate surface area is 201 Å². The summed E-state index contributed by atoms with van der Waals surface area (Å²) >= 11 is 0. The van der Waals surface area contributed by atoms with Crippen molar-refractivity contribution in [2.45, 2.75) is 70.7 Å². The Bertz CT molecular complexity index is 1130. The molecule has 2 aromatic heterocycles. The number of hydrogen-bond acceptors (Lipinski definition) is 12. The molecule has 2 aromatic rings. The number of ether oxygens (including phenoxy) is 3. The molecule has 1 unspecified atom stereocenters. The largest absolute Gasteiger partial charge is 0.476 e. The van der Waals surface area contributed by atoms with Gasteiger partial charge in [-0.3, -0.25) is 22.9 Å². The molecule has 5 atom stereocenters. The summed E-state index contributed by atoms with van der Waals surface area (Å²) in [6.45, 7) is 6.52. The SMILES string of the molecule is CCOc1nc(N)nc2c1ncn2[C@@H]1O[C@@H]2COP(=O)(OCCCC(=O)OC(C)C)O[C@H]2[C@@]1(C)F. The third kappa shape index (κ3) is 5.26. The van der Waals surface area contributed by atoms with Crippen LogP contribution in [0.3, 0.4) is 0 Å². The van der Waals surface area contributed by atoms with E-state index in [-0.39, 0.29) is 55.2 Å². The number of rotatable bonds is 9. The Balaban J connectivity index is 1.47. The maximum absolute atomic E-state index is 16.1. The third-order valence-corrected chi connectivity index (χ3v) is 6.85. The van der Waals surface area contributed by atoms with Gasteiger partial charge < -0.3 is 19.9 Å². The summed E-state index contributed by atoms with van der Waals surface area (Å²) in [5.74, 6) is -0.312. The van der Waals surface area contributed by atoms with Crippen molar-refractivity contribution in [3.05, 3.63) is 6.33 Å². The number of fused-ring (bicyclic) bond motifs is 2. The van der Waals surface area contributed by atoms with Gasteiger partial charge in [0.15, 0.2) is 23.1 Å². The first-order chi connectivity index (χ1) is 16.5. The van der Waals surface area contributed by atoms with Crippen molar-refractivity contribution in [3.8, 4) is 5.88 Å². The van der Waals surface area contributed by atoms with Crippen LogP contribution in [0.15, 0.2) is 6.33 Å². The molecule has 2 aliphatic heterocycles.